The number of nitrogens with one attached hydrogen (secondary N) is 1. The normalized spacial score (nSPS) is 28.6. The fourth-order valence-electron chi connectivity index (χ4n) is 1.56. The lowest BCUT2D eigenvalue weighted by Crippen LogP contribution is -2.39. The molecule has 0 spiro atoms. The Hall–Kier alpha value is 0.350. The third-order valence-electron chi connectivity index (χ3n) is 2.57. The molecular formula is C8H17BrN2O2S. The van der Waals surface area contributed by atoms with Gasteiger partial charge in [0.05, 0.1) is 0 Å². The Morgan fingerprint density at radius 2 is 2.07 bits per heavy atom. The molecule has 0 saturated heterocycles. The van der Waals surface area contributed by atoms with Crippen molar-refractivity contribution in [1.82, 2.24) is 9.03 Å². The van der Waals surface area contributed by atoms with E-state index in [1.807, 2.05) is 0 Å². The summed E-state index contributed by atoms with van der Waals surface area (Å²) in [5.74, 6) is 0.435. The first-order chi connectivity index (χ1) is 6.43. The van der Waals surface area contributed by atoms with Crippen LogP contribution in [0.2, 0.25) is 0 Å². The van der Waals surface area contributed by atoms with E-state index in [0.717, 1.165) is 12.8 Å². The number of hydrogen-bond donors (Lipinski definition) is 1. The van der Waals surface area contributed by atoms with Gasteiger partial charge >= 0.3 is 0 Å². The summed E-state index contributed by atoms with van der Waals surface area (Å²) >= 11 is 3.56. The van der Waals surface area contributed by atoms with Gasteiger partial charge in [-0.15, -0.1) is 0 Å². The van der Waals surface area contributed by atoms with E-state index < -0.39 is 10.2 Å². The molecule has 14 heavy (non-hydrogen) atoms. The van der Waals surface area contributed by atoms with E-state index in [9.17, 15) is 8.42 Å². The maximum absolute atomic E-state index is 11.4. The van der Waals surface area contributed by atoms with E-state index in [2.05, 4.69) is 20.7 Å². The fraction of sp³-hybridized carbons (Fsp3) is 1.00. The van der Waals surface area contributed by atoms with E-state index >= 15 is 0 Å². The first-order valence-electron chi connectivity index (χ1n) is 4.74. The van der Waals surface area contributed by atoms with Crippen LogP contribution in [0.3, 0.4) is 0 Å². The van der Waals surface area contributed by atoms with Crippen LogP contribution in [0.4, 0.5) is 0 Å². The molecule has 1 aliphatic rings. The van der Waals surface area contributed by atoms with Crippen molar-refractivity contribution < 1.29 is 8.42 Å². The predicted molar refractivity (Wildman–Crippen MR) is 60.7 cm³/mol. The minimum absolute atomic E-state index is 0.435. The van der Waals surface area contributed by atoms with Crippen molar-refractivity contribution in [2.75, 3.05) is 20.6 Å². The van der Waals surface area contributed by atoms with Gasteiger partial charge in [-0.1, -0.05) is 22.4 Å². The van der Waals surface area contributed by atoms with Gasteiger partial charge in [0.2, 0.25) is 0 Å². The lowest BCUT2D eigenvalue weighted by Gasteiger charge is -2.17. The Labute approximate surface area is 94.4 Å². The number of halogens is 1. The molecule has 2 unspecified atom stereocenters. The van der Waals surface area contributed by atoms with Crippen molar-refractivity contribution in [2.24, 2.45) is 5.92 Å². The van der Waals surface area contributed by atoms with Gasteiger partial charge in [-0.05, 0) is 18.8 Å². The molecule has 1 fully saturated rings. The Kier molecular flexibility index (Phi) is 4.36. The second-order valence-electron chi connectivity index (χ2n) is 3.84. The fourth-order valence-corrected chi connectivity index (χ4v) is 3.02. The Balaban J connectivity index is 2.40. The predicted octanol–water partition coefficient (Wildman–Crippen LogP) is 0.946. The Bertz CT molecular complexity index is 279. The molecule has 6 heteroatoms. The zero-order valence-electron chi connectivity index (χ0n) is 8.53. The Morgan fingerprint density at radius 1 is 1.43 bits per heavy atom. The molecule has 1 aliphatic carbocycles. The van der Waals surface area contributed by atoms with Gasteiger partial charge in [0, 0.05) is 25.5 Å². The summed E-state index contributed by atoms with van der Waals surface area (Å²) < 4.78 is 26.6. The quantitative estimate of drug-likeness (QED) is 0.782. The van der Waals surface area contributed by atoms with Gasteiger partial charge in [-0.3, -0.25) is 0 Å². The van der Waals surface area contributed by atoms with E-state index in [-0.39, 0.29) is 0 Å². The highest BCUT2D eigenvalue weighted by Crippen LogP contribution is 2.30. The SMILES string of the molecule is CN(C)S(=O)(=O)NCC1CCCC1Br. The number of rotatable bonds is 4. The molecule has 0 aromatic heterocycles. The van der Waals surface area contributed by atoms with Crippen LogP contribution in [-0.4, -0.2) is 38.2 Å². The molecule has 2 atom stereocenters. The summed E-state index contributed by atoms with van der Waals surface area (Å²) in [6.45, 7) is 0.538. The molecule has 0 aromatic carbocycles. The third-order valence-corrected chi connectivity index (χ3v) is 5.27. The van der Waals surface area contributed by atoms with Crippen LogP contribution in [0.1, 0.15) is 19.3 Å². The zero-order valence-corrected chi connectivity index (χ0v) is 10.9. The van der Waals surface area contributed by atoms with Crippen LogP contribution in [0.15, 0.2) is 0 Å². The van der Waals surface area contributed by atoms with Crippen molar-refractivity contribution in [3.63, 3.8) is 0 Å². The van der Waals surface area contributed by atoms with Crippen LogP contribution in [0.25, 0.3) is 0 Å². The lowest BCUT2D eigenvalue weighted by atomic mass is 10.1. The average molecular weight is 285 g/mol. The highest BCUT2D eigenvalue weighted by atomic mass is 79.9. The summed E-state index contributed by atoms with van der Waals surface area (Å²) in [7, 11) is -0.186. The van der Waals surface area contributed by atoms with E-state index in [1.54, 1.807) is 0 Å². The molecular weight excluding hydrogens is 268 g/mol. The van der Waals surface area contributed by atoms with Crippen molar-refractivity contribution in [2.45, 2.75) is 24.1 Å². The van der Waals surface area contributed by atoms with Gasteiger partial charge in [-0.2, -0.15) is 12.7 Å². The lowest BCUT2D eigenvalue weighted by molar-refractivity contribution is 0.483. The molecule has 0 heterocycles. The zero-order chi connectivity index (χ0) is 10.8. The van der Waals surface area contributed by atoms with Gasteiger partial charge in [0.25, 0.3) is 10.2 Å². The first-order valence-corrected chi connectivity index (χ1v) is 7.10. The minimum Gasteiger partial charge on any atom is -0.202 e. The standard InChI is InChI=1S/C8H17BrN2O2S/c1-11(2)14(12,13)10-6-7-4-3-5-8(7)9/h7-8,10H,3-6H2,1-2H3. The molecule has 0 aliphatic heterocycles. The molecule has 1 saturated carbocycles. The summed E-state index contributed by atoms with van der Waals surface area (Å²) in [5.41, 5.74) is 0. The monoisotopic (exact) mass is 284 g/mol. The van der Waals surface area contributed by atoms with Gasteiger partial charge in [0.1, 0.15) is 0 Å². The van der Waals surface area contributed by atoms with Crippen molar-refractivity contribution >= 4 is 26.1 Å². The largest absolute Gasteiger partial charge is 0.278 e. The summed E-state index contributed by atoms with van der Waals surface area (Å²) in [6, 6.07) is 0. The highest BCUT2D eigenvalue weighted by molar-refractivity contribution is 9.09. The van der Waals surface area contributed by atoms with Crippen LogP contribution in [0, 0.1) is 5.92 Å². The van der Waals surface area contributed by atoms with E-state index in [0.29, 0.717) is 17.3 Å². The molecule has 1 N–H and O–H groups in total. The van der Waals surface area contributed by atoms with Gasteiger partial charge < -0.3 is 0 Å². The van der Waals surface area contributed by atoms with E-state index in [1.165, 1.54) is 24.8 Å². The molecule has 0 aromatic rings. The summed E-state index contributed by atoms with van der Waals surface area (Å²) in [6.07, 6.45) is 3.44. The molecule has 84 valence electrons. The van der Waals surface area contributed by atoms with Crippen LogP contribution < -0.4 is 4.72 Å². The summed E-state index contributed by atoms with van der Waals surface area (Å²) in [4.78, 5) is 0.465. The third kappa shape index (κ3) is 3.18. The first kappa shape index (κ1) is 12.4. The van der Waals surface area contributed by atoms with Crippen LogP contribution in [-0.2, 0) is 10.2 Å². The van der Waals surface area contributed by atoms with Gasteiger partial charge in [-0.25, -0.2) is 4.72 Å². The maximum Gasteiger partial charge on any atom is 0.278 e. The van der Waals surface area contributed by atoms with E-state index in [4.69, 9.17) is 0 Å². The van der Waals surface area contributed by atoms with Gasteiger partial charge in [0.15, 0.2) is 0 Å². The molecule has 0 bridgehead atoms. The highest BCUT2D eigenvalue weighted by Gasteiger charge is 2.26. The second kappa shape index (κ2) is 4.92. The summed E-state index contributed by atoms with van der Waals surface area (Å²) in [5, 5.41) is 0. The maximum atomic E-state index is 11.4. The topological polar surface area (TPSA) is 49.4 Å². The number of nitrogens with zero attached hydrogens (tertiary/aromatic N) is 1. The average Bonchev–Trinajstić information content (AvgIpc) is 2.47. The van der Waals surface area contributed by atoms with Crippen molar-refractivity contribution in [3.05, 3.63) is 0 Å². The number of alkyl halides is 1. The smallest absolute Gasteiger partial charge is 0.202 e. The molecule has 0 amide bonds. The number of hydrogen-bond acceptors (Lipinski definition) is 2. The van der Waals surface area contributed by atoms with Crippen LogP contribution >= 0.6 is 15.9 Å². The minimum atomic E-state index is -3.25. The molecule has 0 radical (unpaired) electrons. The molecule has 4 nitrogen and oxygen atoms in total. The van der Waals surface area contributed by atoms with Crippen LogP contribution in [0.5, 0.6) is 0 Å². The molecule has 1 rings (SSSR count). The second-order valence-corrected chi connectivity index (χ2v) is 6.99. The Morgan fingerprint density at radius 3 is 2.50 bits per heavy atom. The van der Waals surface area contributed by atoms with Crippen molar-refractivity contribution in [3.8, 4) is 0 Å². The van der Waals surface area contributed by atoms with Crippen molar-refractivity contribution in [1.29, 1.82) is 0 Å².